The Morgan fingerprint density at radius 1 is 0.906 bits per heavy atom. The number of carbonyl (C=O) groups excluding carboxylic acids is 3. The Morgan fingerprint density at radius 3 is 2.09 bits per heavy atom. The van der Waals surface area contributed by atoms with Crippen molar-refractivity contribution >= 4 is 17.3 Å². The Labute approximate surface area is 306 Å². The molecule has 0 radical (unpaired) electrons. The van der Waals surface area contributed by atoms with E-state index in [1.807, 2.05) is 60.7 Å². The monoisotopic (exact) mass is 723 g/mol. The number of ketones is 3. The van der Waals surface area contributed by atoms with Gasteiger partial charge in [0.25, 0.3) is 0 Å². The largest absolute Gasteiger partial charge is 0.632 e. The highest BCUT2D eigenvalue weighted by Gasteiger charge is 2.51. The lowest BCUT2D eigenvalue weighted by Crippen LogP contribution is -2.62. The quantitative estimate of drug-likeness (QED) is 0.0933. The zero-order valence-corrected chi connectivity index (χ0v) is 29.5. The van der Waals surface area contributed by atoms with Crippen molar-refractivity contribution in [1.82, 2.24) is 0 Å². The van der Waals surface area contributed by atoms with E-state index in [0.29, 0.717) is 0 Å². The summed E-state index contributed by atoms with van der Waals surface area (Å²) in [6.45, 7) is 2.83. The van der Waals surface area contributed by atoms with Crippen molar-refractivity contribution < 1.29 is 53.7 Å². The summed E-state index contributed by atoms with van der Waals surface area (Å²) in [5, 5.41) is 61.8. The zero-order valence-electron chi connectivity index (χ0n) is 29.5. The van der Waals surface area contributed by atoms with Gasteiger partial charge in [0.15, 0.2) is 17.9 Å². The first-order valence-electron chi connectivity index (χ1n) is 17.5. The molecule has 0 aromatic heterocycles. The van der Waals surface area contributed by atoms with Crippen LogP contribution in [0.1, 0.15) is 86.9 Å². The number of hydrogen-bond acceptors (Lipinski definition) is 11. The van der Waals surface area contributed by atoms with Crippen molar-refractivity contribution in [3.8, 4) is 17.2 Å². The predicted octanol–water partition coefficient (Wildman–Crippen LogP) is 4.79. The molecule has 1 heterocycles. The molecule has 276 valence electrons. The molecule has 0 amide bonds. The number of phenolic OH excluding ortho intramolecular Hbond substituents is 2. The molecular weight excluding hydrogens is 682 g/mol. The third-order valence-corrected chi connectivity index (χ3v) is 10.9. The number of methoxy groups -OCH3 is 1. The summed E-state index contributed by atoms with van der Waals surface area (Å²) in [7, 11) is 1.34. The van der Waals surface area contributed by atoms with Gasteiger partial charge in [-0.3, -0.25) is 14.4 Å². The van der Waals surface area contributed by atoms with Gasteiger partial charge in [-0.05, 0) is 19.9 Å². The highest BCUT2D eigenvalue weighted by molar-refractivity contribution is 6.31. The first-order chi connectivity index (χ1) is 25.3. The fourth-order valence-corrected chi connectivity index (χ4v) is 8.14. The first-order valence-corrected chi connectivity index (χ1v) is 17.5. The van der Waals surface area contributed by atoms with Gasteiger partial charge in [-0.25, -0.2) is 0 Å². The van der Waals surface area contributed by atoms with Crippen LogP contribution < -0.4 is 4.74 Å². The highest BCUT2D eigenvalue weighted by Crippen LogP contribution is 2.52. The lowest BCUT2D eigenvalue weighted by Gasteiger charge is -2.54. The molecule has 1 aliphatic heterocycles. The number of Topliss-reactive ketones (excluding diaryl/α,β-unsaturated/α-hetero) is 1. The number of aliphatic hydroxyl groups is 2. The van der Waals surface area contributed by atoms with Crippen molar-refractivity contribution in [2.75, 3.05) is 7.11 Å². The van der Waals surface area contributed by atoms with Gasteiger partial charge in [0.1, 0.15) is 48.1 Å². The van der Waals surface area contributed by atoms with Gasteiger partial charge in [0, 0.05) is 40.7 Å². The van der Waals surface area contributed by atoms with Crippen molar-refractivity contribution in [3.05, 3.63) is 129 Å². The first kappa shape index (κ1) is 36.4. The minimum Gasteiger partial charge on any atom is -0.632 e. The summed E-state index contributed by atoms with van der Waals surface area (Å²) >= 11 is 0. The molecule has 3 aliphatic rings. The maximum absolute atomic E-state index is 15.1. The van der Waals surface area contributed by atoms with Crippen molar-refractivity contribution in [1.29, 1.82) is 0 Å². The molecule has 6 atom stereocenters. The van der Waals surface area contributed by atoms with E-state index in [-0.39, 0.29) is 47.5 Å². The summed E-state index contributed by atoms with van der Waals surface area (Å²) in [4.78, 5) is 40.8. The second-order valence-electron chi connectivity index (χ2n) is 14.3. The number of fused-ring (bicyclic) bond motifs is 3. The van der Waals surface area contributed by atoms with Gasteiger partial charge in [-0.2, -0.15) is 0 Å². The molecular formula is C41H41NO11. The fourth-order valence-electron chi connectivity index (χ4n) is 8.14. The second kappa shape index (κ2) is 13.8. The minimum atomic E-state index is -2.10. The van der Waals surface area contributed by atoms with E-state index in [9.17, 15) is 34.8 Å². The number of hydroxylamine groups is 3. The molecule has 1 saturated heterocycles. The molecule has 12 nitrogen and oxygen atoms in total. The Morgan fingerprint density at radius 2 is 1.51 bits per heavy atom. The van der Waals surface area contributed by atoms with E-state index in [1.54, 1.807) is 6.92 Å². The predicted molar refractivity (Wildman–Crippen MR) is 190 cm³/mol. The molecule has 4 aromatic carbocycles. The maximum Gasteiger partial charge on any atom is 0.202 e. The van der Waals surface area contributed by atoms with E-state index in [4.69, 9.17) is 14.2 Å². The van der Waals surface area contributed by atoms with Crippen LogP contribution in [-0.2, 0) is 33.8 Å². The molecule has 12 heteroatoms. The Balaban J connectivity index is 1.30. The third-order valence-electron chi connectivity index (χ3n) is 10.9. The number of benzene rings is 4. The highest BCUT2D eigenvalue weighted by atomic mass is 16.7. The van der Waals surface area contributed by atoms with Gasteiger partial charge in [-0.15, -0.1) is 0 Å². The van der Waals surface area contributed by atoms with Crippen LogP contribution in [0.4, 0.5) is 0 Å². The summed E-state index contributed by atoms with van der Waals surface area (Å²) in [6, 6.07) is 21.9. The van der Waals surface area contributed by atoms with Crippen molar-refractivity contribution in [3.63, 3.8) is 0 Å². The van der Waals surface area contributed by atoms with Gasteiger partial charge >= 0.3 is 0 Å². The molecule has 2 aliphatic carbocycles. The fraction of sp³-hybridized carbons (Fsp3) is 0.341. The number of hydrogen-bond donors (Lipinski definition) is 4. The smallest absolute Gasteiger partial charge is 0.202 e. The number of ether oxygens (including phenoxy) is 3. The minimum absolute atomic E-state index is 0.0229. The molecule has 4 aromatic rings. The summed E-state index contributed by atoms with van der Waals surface area (Å²) in [5.41, 5.74) is -1.85. The number of carbonyl (C=O) groups is 3. The summed E-state index contributed by atoms with van der Waals surface area (Å²) in [6.07, 6.45) is -5.70. The molecule has 7 rings (SSSR count). The topological polar surface area (TPSA) is 183 Å². The van der Waals surface area contributed by atoms with Crippen molar-refractivity contribution in [2.24, 2.45) is 0 Å². The zero-order chi connectivity index (χ0) is 37.8. The van der Waals surface area contributed by atoms with E-state index in [0.717, 1.165) is 11.1 Å². The van der Waals surface area contributed by atoms with Crippen LogP contribution in [0, 0.1) is 5.21 Å². The normalized spacial score (nSPS) is 25.3. The number of rotatable bonds is 9. The number of nitrogens with zero attached hydrogens (tertiary/aromatic N) is 1. The van der Waals surface area contributed by atoms with Crippen molar-refractivity contribution in [2.45, 2.75) is 82.4 Å². The lowest BCUT2D eigenvalue weighted by molar-refractivity contribution is -0.937. The summed E-state index contributed by atoms with van der Waals surface area (Å²) < 4.78 is 17.1. The molecule has 4 N–H and O–H groups in total. The van der Waals surface area contributed by atoms with E-state index < -0.39 is 93.7 Å². The average Bonchev–Trinajstić information content (AvgIpc) is 3.13. The molecule has 1 fully saturated rings. The van der Waals surface area contributed by atoms with E-state index in [1.165, 1.54) is 32.2 Å². The molecule has 0 spiro atoms. The van der Waals surface area contributed by atoms with E-state index in [2.05, 4.69) is 0 Å². The molecule has 0 unspecified atom stereocenters. The van der Waals surface area contributed by atoms with Gasteiger partial charge in [0.05, 0.1) is 42.4 Å². The van der Waals surface area contributed by atoms with Crippen LogP contribution in [0.15, 0.2) is 78.9 Å². The second-order valence-corrected chi connectivity index (χ2v) is 14.3. The van der Waals surface area contributed by atoms with Crippen LogP contribution in [0.3, 0.4) is 0 Å². The number of aliphatic hydroxyl groups excluding tert-OH is 1. The Hall–Kier alpha value is -4.95. The van der Waals surface area contributed by atoms with Gasteiger partial charge < -0.3 is 44.5 Å². The van der Waals surface area contributed by atoms with Crippen LogP contribution in [0.5, 0.6) is 17.2 Å². The van der Waals surface area contributed by atoms with Crippen LogP contribution in [0.25, 0.3) is 0 Å². The third kappa shape index (κ3) is 6.31. The molecule has 53 heavy (non-hydrogen) atoms. The van der Waals surface area contributed by atoms with Crippen LogP contribution in [0.2, 0.25) is 0 Å². The number of phenols is 2. The number of aromatic hydroxyl groups is 2. The standard InChI is InChI=1S/C41H41NO11/c1-22-36(44)28(42(50,20-24-11-6-4-7-12-24)21-25-13-8-5-9-14-25)17-31(52-22)53-30-19-41(49,23(2)43)18-27-33(30)40(48)35-34(38(27)46)37(45)26-15-10-16-29(51-3)32(26)39(35)47/h4-16,22,28,30-31,36,44,46,48-49H,17-21H2,1-3H3/t22-,28+,30+,31-,36-,41-/m0/s1. The lowest BCUT2D eigenvalue weighted by atomic mass is 9.72. The Kier molecular flexibility index (Phi) is 9.48. The SMILES string of the molecule is COc1cccc2c1C(=O)c1c(O)c3c(c(O)c1C2=O)C[C@@](O)(C(C)=O)C[C@H]3O[C@H]1C[C@@H]([N+]([O-])(Cc2ccccc2)Cc2ccccc2)[C@@H](O)[C@H](C)O1. The van der Waals surface area contributed by atoms with Gasteiger partial charge in [0.2, 0.25) is 5.78 Å². The number of quaternary nitrogens is 1. The van der Waals surface area contributed by atoms with E-state index >= 15 is 5.21 Å². The van der Waals surface area contributed by atoms with Crippen LogP contribution in [-0.4, -0.2) is 79.7 Å². The summed E-state index contributed by atoms with van der Waals surface area (Å²) in [5.74, 6) is -3.39. The average molecular weight is 724 g/mol. The maximum atomic E-state index is 15.1. The molecule has 0 bridgehead atoms. The van der Waals surface area contributed by atoms with Gasteiger partial charge in [-0.1, -0.05) is 72.8 Å². The Bertz CT molecular complexity index is 2040. The van der Waals surface area contributed by atoms with Crippen LogP contribution >= 0.6 is 0 Å². The molecule has 0 saturated carbocycles.